The van der Waals surface area contributed by atoms with E-state index in [0.717, 1.165) is 12.3 Å². The first-order valence-electron chi connectivity index (χ1n) is 5.30. The number of fused-ring (bicyclic) bond motifs is 1. The summed E-state index contributed by atoms with van der Waals surface area (Å²) in [6.45, 7) is 4.73. The van der Waals surface area contributed by atoms with Gasteiger partial charge in [-0.05, 0) is 13.8 Å². The summed E-state index contributed by atoms with van der Waals surface area (Å²) >= 11 is 0. The first kappa shape index (κ1) is 9.45. The highest BCUT2D eigenvalue weighted by atomic mass is 16.8. The third-order valence-electron chi connectivity index (χ3n) is 2.78. The van der Waals surface area contributed by atoms with Gasteiger partial charge in [-0.3, -0.25) is 0 Å². The van der Waals surface area contributed by atoms with Crippen molar-refractivity contribution in [3.05, 3.63) is 12.0 Å². The van der Waals surface area contributed by atoms with Crippen LogP contribution in [0.4, 0.5) is 0 Å². The molecule has 0 aliphatic carbocycles. The lowest BCUT2D eigenvalue weighted by Gasteiger charge is -2.39. The van der Waals surface area contributed by atoms with E-state index in [1.807, 2.05) is 13.8 Å². The standard InChI is InChI=1S/C10H15NO4/c1-5-12-4-8-10(14-5)9(7-3-11-7)15-6(2)13-8/h4-7,9-11H,3H2,1-2H3. The van der Waals surface area contributed by atoms with Crippen LogP contribution in [0.25, 0.3) is 0 Å². The van der Waals surface area contributed by atoms with Crippen LogP contribution in [-0.4, -0.2) is 37.4 Å². The molecule has 0 amide bonds. The van der Waals surface area contributed by atoms with E-state index in [9.17, 15) is 0 Å². The van der Waals surface area contributed by atoms with E-state index in [1.54, 1.807) is 6.26 Å². The number of hydrogen-bond donors (Lipinski definition) is 1. The molecule has 0 bridgehead atoms. The summed E-state index contributed by atoms with van der Waals surface area (Å²) in [4.78, 5) is 0. The minimum atomic E-state index is -0.236. The zero-order chi connectivity index (χ0) is 10.4. The molecule has 0 saturated carbocycles. The van der Waals surface area contributed by atoms with Crippen LogP contribution in [0.5, 0.6) is 0 Å². The number of hydrogen-bond acceptors (Lipinski definition) is 5. The van der Waals surface area contributed by atoms with Crippen molar-refractivity contribution in [2.75, 3.05) is 6.54 Å². The Hall–Kier alpha value is -0.780. The predicted molar refractivity (Wildman–Crippen MR) is 50.7 cm³/mol. The Morgan fingerprint density at radius 1 is 1.27 bits per heavy atom. The van der Waals surface area contributed by atoms with Crippen LogP contribution < -0.4 is 5.32 Å². The maximum Gasteiger partial charge on any atom is 0.197 e. The fourth-order valence-electron chi connectivity index (χ4n) is 1.99. The van der Waals surface area contributed by atoms with Gasteiger partial charge in [0, 0.05) is 12.6 Å². The molecule has 5 unspecified atom stereocenters. The highest BCUT2D eigenvalue weighted by Gasteiger charge is 2.46. The molecule has 5 heteroatoms. The Bertz CT molecular complexity index is 289. The van der Waals surface area contributed by atoms with Gasteiger partial charge in [-0.15, -0.1) is 0 Å². The predicted octanol–water partition coefficient (Wildman–Crippen LogP) is 0.322. The maximum atomic E-state index is 5.72. The van der Waals surface area contributed by atoms with E-state index in [4.69, 9.17) is 18.9 Å². The van der Waals surface area contributed by atoms with E-state index in [0.29, 0.717) is 6.04 Å². The molecule has 2 fully saturated rings. The highest BCUT2D eigenvalue weighted by molar-refractivity contribution is 5.11. The molecule has 84 valence electrons. The van der Waals surface area contributed by atoms with Gasteiger partial charge in [0.05, 0.1) is 0 Å². The molecular formula is C10H15NO4. The van der Waals surface area contributed by atoms with Gasteiger partial charge in [0.1, 0.15) is 18.5 Å². The summed E-state index contributed by atoms with van der Waals surface area (Å²) in [5, 5.41) is 3.24. The lowest BCUT2D eigenvalue weighted by molar-refractivity contribution is -0.267. The van der Waals surface area contributed by atoms with Crippen LogP contribution in [0, 0.1) is 0 Å². The fraction of sp³-hybridized carbons (Fsp3) is 0.800. The molecule has 0 aromatic carbocycles. The second-order valence-electron chi connectivity index (χ2n) is 4.08. The van der Waals surface area contributed by atoms with Gasteiger partial charge in [0.2, 0.25) is 0 Å². The lowest BCUT2D eigenvalue weighted by Crippen LogP contribution is -2.49. The molecule has 0 aromatic heterocycles. The van der Waals surface area contributed by atoms with Crippen LogP contribution in [0.15, 0.2) is 12.0 Å². The second-order valence-corrected chi connectivity index (χ2v) is 4.08. The van der Waals surface area contributed by atoms with Gasteiger partial charge in [-0.25, -0.2) is 0 Å². The van der Waals surface area contributed by atoms with Crippen LogP contribution in [0.1, 0.15) is 13.8 Å². The number of nitrogens with one attached hydrogen (secondary N) is 1. The summed E-state index contributed by atoms with van der Waals surface area (Å²) < 4.78 is 22.2. The number of rotatable bonds is 1. The van der Waals surface area contributed by atoms with Crippen molar-refractivity contribution < 1.29 is 18.9 Å². The number of ether oxygens (including phenoxy) is 4. The molecule has 3 aliphatic heterocycles. The van der Waals surface area contributed by atoms with E-state index >= 15 is 0 Å². The molecule has 1 N–H and O–H groups in total. The maximum absolute atomic E-state index is 5.72. The molecule has 0 spiro atoms. The molecule has 5 nitrogen and oxygen atoms in total. The Morgan fingerprint density at radius 3 is 2.80 bits per heavy atom. The van der Waals surface area contributed by atoms with E-state index < -0.39 is 0 Å². The summed E-state index contributed by atoms with van der Waals surface area (Å²) in [7, 11) is 0. The molecule has 3 heterocycles. The SMILES string of the molecule is CC1OC=C2OC(C)OC(C3CN3)C2O1. The summed E-state index contributed by atoms with van der Waals surface area (Å²) in [6, 6.07) is 0.384. The largest absolute Gasteiger partial charge is 0.469 e. The van der Waals surface area contributed by atoms with E-state index in [2.05, 4.69) is 5.32 Å². The van der Waals surface area contributed by atoms with Crippen LogP contribution in [-0.2, 0) is 18.9 Å². The molecule has 0 aromatic rings. The smallest absolute Gasteiger partial charge is 0.197 e. The summed E-state index contributed by atoms with van der Waals surface area (Å²) in [5.74, 6) is 0.741. The highest BCUT2D eigenvalue weighted by Crippen LogP contribution is 2.32. The second kappa shape index (κ2) is 3.37. The van der Waals surface area contributed by atoms with Gasteiger partial charge in [0.25, 0.3) is 0 Å². The summed E-state index contributed by atoms with van der Waals surface area (Å²) in [5.41, 5.74) is 0. The third kappa shape index (κ3) is 1.71. The Morgan fingerprint density at radius 2 is 2.07 bits per heavy atom. The van der Waals surface area contributed by atoms with Gasteiger partial charge in [-0.1, -0.05) is 0 Å². The third-order valence-corrected chi connectivity index (χ3v) is 2.78. The van der Waals surface area contributed by atoms with Gasteiger partial charge in [-0.2, -0.15) is 0 Å². The summed E-state index contributed by atoms with van der Waals surface area (Å²) in [6.07, 6.45) is 1.07. The zero-order valence-electron chi connectivity index (χ0n) is 8.80. The molecule has 5 atom stereocenters. The van der Waals surface area contributed by atoms with E-state index in [1.165, 1.54) is 0 Å². The molecule has 15 heavy (non-hydrogen) atoms. The molecular weight excluding hydrogens is 198 g/mol. The van der Waals surface area contributed by atoms with Crippen molar-refractivity contribution in [1.29, 1.82) is 0 Å². The fourth-order valence-corrected chi connectivity index (χ4v) is 1.99. The monoisotopic (exact) mass is 213 g/mol. The van der Waals surface area contributed by atoms with Gasteiger partial charge >= 0.3 is 0 Å². The normalized spacial score (nSPS) is 48.4. The molecule has 0 radical (unpaired) electrons. The van der Waals surface area contributed by atoms with Crippen molar-refractivity contribution in [2.45, 2.75) is 44.7 Å². The zero-order valence-corrected chi connectivity index (χ0v) is 8.80. The Labute approximate surface area is 88.3 Å². The topological polar surface area (TPSA) is 58.9 Å². The molecule has 3 aliphatic rings. The van der Waals surface area contributed by atoms with Crippen LogP contribution in [0.2, 0.25) is 0 Å². The molecule has 3 rings (SSSR count). The van der Waals surface area contributed by atoms with Crippen molar-refractivity contribution in [1.82, 2.24) is 5.32 Å². The Kier molecular flexibility index (Phi) is 2.12. The van der Waals surface area contributed by atoms with Crippen LogP contribution in [0.3, 0.4) is 0 Å². The van der Waals surface area contributed by atoms with Crippen molar-refractivity contribution >= 4 is 0 Å². The van der Waals surface area contributed by atoms with Crippen molar-refractivity contribution in [3.63, 3.8) is 0 Å². The van der Waals surface area contributed by atoms with Gasteiger partial charge in [0.15, 0.2) is 18.3 Å². The Balaban J connectivity index is 1.82. The average Bonchev–Trinajstić information content (AvgIpc) is 3.01. The minimum Gasteiger partial charge on any atom is -0.469 e. The molecule has 2 saturated heterocycles. The van der Waals surface area contributed by atoms with Crippen LogP contribution >= 0.6 is 0 Å². The van der Waals surface area contributed by atoms with Crippen molar-refractivity contribution in [2.24, 2.45) is 0 Å². The van der Waals surface area contributed by atoms with E-state index in [-0.39, 0.29) is 24.8 Å². The lowest BCUT2D eigenvalue weighted by atomic mass is 10.1. The first-order valence-corrected chi connectivity index (χ1v) is 5.30. The van der Waals surface area contributed by atoms with Gasteiger partial charge < -0.3 is 24.3 Å². The van der Waals surface area contributed by atoms with Crippen molar-refractivity contribution in [3.8, 4) is 0 Å². The minimum absolute atomic E-state index is 0.0337. The average molecular weight is 213 g/mol. The first-order chi connectivity index (χ1) is 7.24. The quantitative estimate of drug-likeness (QED) is 0.636.